The second kappa shape index (κ2) is 8.74. The number of benzene rings is 1. The Morgan fingerprint density at radius 1 is 1.24 bits per heavy atom. The lowest BCUT2D eigenvalue weighted by atomic mass is 10.1. The quantitative estimate of drug-likeness (QED) is 0.501. The van der Waals surface area contributed by atoms with Gasteiger partial charge in [0, 0.05) is 26.6 Å². The molecule has 176 valence electrons. The summed E-state index contributed by atoms with van der Waals surface area (Å²) in [6.07, 6.45) is 0.533. The summed E-state index contributed by atoms with van der Waals surface area (Å²) in [6, 6.07) is 6.81. The van der Waals surface area contributed by atoms with Crippen LogP contribution in [0.25, 0.3) is 11.2 Å². The molecule has 1 unspecified atom stereocenters. The fourth-order valence-corrected chi connectivity index (χ4v) is 3.66. The number of hydrogen-bond acceptors (Lipinski definition) is 9. The van der Waals surface area contributed by atoms with Crippen molar-refractivity contribution in [2.24, 2.45) is 19.2 Å². The molecule has 0 spiro atoms. The molecule has 4 rings (SSSR count). The van der Waals surface area contributed by atoms with E-state index in [1.807, 2.05) is 6.07 Å². The monoisotopic (exact) mass is 467 g/mol. The fraction of sp³-hybridized carbons (Fsp3) is 0.333. The number of hydrogen-bond donors (Lipinski definition) is 0. The summed E-state index contributed by atoms with van der Waals surface area (Å²) in [4.78, 5) is 41.2. The zero-order valence-corrected chi connectivity index (χ0v) is 18.9. The van der Waals surface area contributed by atoms with E-state index >= 15 is 0 Å². The van der Waals surface area contributed by atoms with E-state index in [2.05, 4.69) is 10.1 Å². The number of carbonyl (C=O) groups excluding carboxylic acids is 1. The van der Waals surface area contributed by atoms with Crippen LogP contribution < -0.4 is 20.7 Å². The summed E-state index contributed by atoms with van der Waals surface area (Å²) in [6.45, 7) is 1.23. The Morgan fingerprint density at radius 2 is 2.00 bits per heavy atom. The van der Waals surface area contributed by atoms with Crippen molar-refractivity contribution in [3.8, 4) is 17.6 Å². The summed E-state index contributed by atoms with van der Waals surface area (Å²) in [5, 5.41) is 14.2. The van der Waals surface area contributed by atoms with Crippen LogP contribution in [-0.2, 0) is 30.2 Å². The lowest BCUT2D eigenvalue weighted by molar-refractivity contribution is -0.135. The average molecular weight is 467 g/mol. The Labute approximate surface area is 192 Å². The molecular weight excluding hydrogens is 446 g/mol. The van der Waals surface area contributed by atoms with Gasteiger partial charge in [-0.1, -0.05) is 0 Å². The van der Waals surface area contributed by atoms with Gasteiger partial charge in [-0.3, -0.25) is 18.7 Å². The second-order valence-corrected chi connectivity index (χ2v) is 7.44. The fourth-order valence-electron chi connectivity index (χ4n) is 3.66. The first kappa shape index (κ1) is 22.6. The maximum absolute atomic E-state index is 12.4. The normalized spacial score (nSPS) is 15.1. The van der Waals surface area contributed by atoms with Crippen LogP contribution in [-0.4, -0.2) is 49.2 Å². The molecule has 2 aromatic heterocycles. The van der Waals surface area contributed by atoms with Crippen LogP contribution in [0.3, 0.4) is 0 Å². The highest BCUT2D eigenvalue weighted by atomic mass is 16.5. The number of aromatic nitrogens is 4. The van der Waals surface area contributed by atoms with E-state index in [0.717, 1.165) is 4.57 Å². The highest BCUT2D eigenvalue weighted by molar-refractivity contribution is 5.83. The standard InChI is InChI=1S/C21H21N7O6/c1-12(29)28-20(13-5-6-14(33-8-7-22)15(9-13)32-4)34-16(24-28)10-27-11-23-17-18(27)25(2)21(31)26(3)19(17)30/h5-6,9,11,20H,8,10H2,1-4H3. The Hall–Kier alpha value is -4.60. The molecule has 0 saturated heterocycles. The van der Waals surface area contributed by atoms with Crippen LogP contribution in [0.1, 0.15) is 18.7 Å². The molecule has 0 bridgehead atoms. The highest BCUT2D eigenvalue weighted by Gasteiger charge is 2.33. The smallest absolute Gasteiger partial charge is 0.332 e. The summed E-state index contributed by atoms with van der Waals surface area (Å²) in [5.74, 6) is 0.547. The topological polar surface area (TPSA) is 146 Å². The molecule has 0 N–H and O–H groups in total. The third-order valence-corrected chi connectivity index (χ3v) is 5.29. The molecule has 1 amide bonds. The van der Waals surface area contributed by atoms with E-state index in [-0.39, 0.29) is 30.5 Å². The predicted octanol–water partition coefficient (Wildman–Crippen LogP) is 0.236. The first-order valence-corrected chi connectivity index (χ1v) is 10.1. The highest BCUT2D eigenvalue weighted by Crippen LogP contribution is 2.35. The van der Waals surface area contributed by atoms with Crippen molar-refractivity contribution in [3.05, 3.63) is 50.9 Å². The van der Waals surface area contributed by atoms with Crippen molar-refractivity contribution in [1.82, 2.24) is 23.7 Å². The molecule has 1 aliphatic rings. The number of nitrogens with zero attached hydrogens (tertiary/aromatic N) is 7. The number of nitriles is 1. The first-order chi connectivity index (χ1) is 16.3. The summed E-state index contributed by atoms with van der Waals surface area (Å²) in [7, 11) is 4.37. The van der Waals surface area contributed by atoms with Crippen LogP contribution >= 0.6 is 0 Å². The third-order valence-electron chi connectivity index (χ3n) is 5.29. The number of ether oxygens (including phenoxy) is 3. The SMILES string of the molecule is COc1cc(C2OC(Cn3cnc4c(=O)n(C)c(=O)n(C)c43)=NN2C(C)=O)ccc1OCC#N. The number of carbonyl (C=O) groups is 1. The van der Waals surface area contributed by atoms with E-state index < -0.39 is 17.5 Å². The van der Waals surface area contributed by atoms with Crippen molar-refractivity contribution < 1.29 is 19.0 Å². The van der Waals surface area contributed by atoms with Gasteiger partial charge in [0.1, 0.15) is 18.3 Å². The van der Waals surface area contributed by atoms with Gasteiger partial charge >= 0.3 is 5.69 Å². The van der Waals surface area contributed by atoms with Gasteiger partial charge in [0.25, 0.3) is 5.56 Å². The number of aryl methyl sites for hydroxylation is 1. The Kier molecular flexibility index (Phi) is 5.80. The van der Waals surface area contributed by atoms with Crippen LogP contribution in [0, 0.1) is 11.3 Å². The predicted molar refractivity (Wildman–Crippen MR) is 118 cm³/mol. The molecule has 0 radical (unpaired) electrons. The van der Waals surface area contributed by atoms with Gasteiger partial charge in [-0.05, 0) is 18.2 Å². The molecule has 1 atom stereocenters. The van der Waals surface area contributed by atoms with Gasteiger partial charge in [-0.25, -0.2) is 9.78 Å². The van der Waals surface area contributed by atoms with E-state index in [1.54, 1.807) is 22.8 Å². The average Bonchev–Trinajstić information content (AvgIpc) is 3.45. The molecule has 34 heavy (non-hydrogen) atoms. The molecular formula is C21H21N7O6. The summed E-state index contributed by atoms with van der Waals surface area (Å²) in [5.41, 5.74) is -0.0200. The van der Waals surface area contributed by atoms with E-state index in [1.165, 1.54) is 44.0 Å². The minimum atomic E-state index is -0.877. The van der Waals surface area contributed by atoms with Crippen LogP contribution in [0.4, 0.5) is 0 Å². The molecule has 0 saturated carbocycles. The summed E-state index contributed by atoms with van der Waals surface area (Å²) < 4.78 is 20.5. The maximum Gasteiger partial charge on any atom is 0.332 e. The minimum absolute atomic E-state index is 0.0255. The van der Waals surface area contributed by atoms with Crippen LogP contribution in [0.15, 0.2) is 39.2 Å². The van der Waals surface area contributed by atoms with Gasteiger partial charge < -0.3 is 18.8 Å². The van der Waals surface area contributed by atoms with Crippen molar-refractivity contribution >= 4 is 23.0 Å². The Morgan fingerprint density at radius 3 is 2.68 bits per heavy atom. The zero-order valence-electron chi connectivity index (χ0n) is 18.9. The van der Waals surface area contributed by atoms with E-state index in [0.29, 0.717) is 22.7 Å². The van der Waals surface area contributed by atoms with E-state index in [9.17, 15) is 14.4 Å². The molecule has 13 heteroatoms. The van der Waals surface area contributed by atoms with Crippen molar-refractivity contribution in [3.63, 3.8) is 0 Å². The largest absolute Gasteiger partial charge is 0.493 e. The molecule has 1 aromatic carbocycles. The van der Waals surface area contributed by atoms with Crippen molar-refractivity contribution in [2.75, 3.05) is 13.7 Å². The number of fused-ring (bicyclic) bond motifs is 1. The Balaban J connectivity index is 1.66. The second-order valence-electron chi connectivity index (χ2n) is 7.44. The van der Waals surface area contributed by atoms with Gasteiger partial charge in [0.2, 0.25) is 18.0 Å². The van der Waals surface area contributed by atoms with Gasteiger partial charge in [0.05, 0.1) is 13.4 Å². The third kappa shape index (κ3) is 3.75. The summed E-state index contributed by atoms with van der Waals surface area (Å²) >= 11 is 0. The molecule has 1 aliphatic heterocycles. The number of hydrazone groups is 1. The Bertz CT molecular complexity index is 1480. The molecule has 0 fully saturated rings. The van der Waals surface area contributed by atoms with Gasteiger partial charge in [-0.2, -0.15) is 10.3 Å². The van der Waals surface area contributed by atoms with Crippen molar-refractivity contribution in [1.29, 1.82) is 5.26 Å². The lowest BCUT2D eigenvalue weighted by Gasteiger charge is -2.20. The molecule has 0 aliphatic carbocycles. The van der Waals surface area contributed by atoms with Crippen molar-refractivity contribution in [2.45, 2.75) is 19.7 Å². The van der Waals surface area contributed by atoms with Crippen LogP contribution in [0.5, 0.6) is 11.5 Å². The first-order valence-electron chi connectivity index (χ1n) is 10.1. The lowest BCUT2D eigenvalue weighted by Crippen LogP contribution is -2.37. The zero-order chi connectivity index (χ0) is 24.6. The minimum Gasteiger partial charge on any atom is -0.493 e. The number of methoxy groups -OCH3 is 1. The number of imidazole rings is 1. The van der Waals surface area contributed by atoms with E-state index in [4.69, 9.17) is 19.5 Å². The molecule has 3 heterocycles. The maximum atomic E-state index is 12.4. The number of rotatable bonds is 6. The van der Waals surface area contributed by atoms with Gasteiger partial charge in [-0.15, -0.1) is 5.10 Å². The van der Waals surface area contributed by atoms with Crippen LogP contribution in [0.2, 0.25) is 0 Å². The number of amides is 1. The molecule has 3 aromatic rings. The van der Waals surface area contributed by atoms with Gasteiger partial charge in [0.15, 0.2) is 23.6 Å². The molecule has 13 nitrogen and oxygen atoms in total.